The van der Waals surface area contributed by atoms with Gasteiger partial charge in [-0.25, -0.2) is 12.8 Å². The van der Waals surface area contributed by atoms with E-state index in [1.807, 2.05) is 0 Å². The summed E-state index contributed by atoms with van der Waals surface area (Å²) in [5.41, 5.74) is 0. The molecule has 0 atom stereocenters. The molecule has 0 spiro atoms. The first kappa shape index (κ1) is 18.6. The number of morpholine rings is 1. The van der Waals surface area contributed by atoms with Gasteiger partial charge in [-0.2, -0.15) is 4.31 Å². The number of nitrogens with zero attached hydrogens (tertiary/aromatic N) is 2. The van der Waals surface area contributed by atoms with Crippen LogP contribution in [0.2, 0.25) is 5.02 Å². The van der Waals surface area contributed by atoms with Crippen LogP contribution in [0.15, 0.2) is 23.1 Å². The van der Waals surface area contributed by atoms with Crippen molar-refractivity contribution in [1.82, 2.24) is 9.21 Å². The number of halogens is 2. The van der Waals surface area contributed by atoms with Crippen molar-refractivity contribution in [3.8, 4) is 0 Å². The molecule has 25 heavy (non-hydrogen) atoms. The zero-order valence-electron chi connectivity index (χ0n) is 13.7. The number of sulfonamides is 1. The number of benzene rings is 1. The van der Waals surface area contributed by atoms with Crippen molar-refractivity contribution in [2.24, 2.45) is 5.92 Å². The molecule has 2 fully saturated rings. The van der Waals surface area contributed by atoms with Gasteiger partial charge in [-0.1, -0.05) is 11.6 Å². The minimum atomic E-state index is -3.93. The largest absolute Gasteiger partial charge is 0.378 e. The minimum absolute atomic E-state index is 0.0537. The van der Waals surface area contributed by atoms with Crippen LogP contribution in [-0.4, -0.2) is 62.9 Å². The van der Waals surface area contributed by atoms with Gasteiger partial charge in [-0.05, 0) is 31.0 Å². The lowest BCUT2D eigenvalue weighted by molar-refractivity contribution is -0.140. The molecule has 2 aliphatic rings. The number of carbonyl (C=O) groups excluding carboxylic acids is 1. The molecule has 0 saturated carbocycles. The van der Waals surface area contributed by atoms with E-state index in [-0.39, 0.29) is 34.8 Å². The lowest BCUT2D eigenvalue weighted by Crippen LogP contribution is -2.47. The van der Waals surface area contributed by atoms with E-state index in [0.29, 0.717) is 39.1 Å². The average molecular weight is 391 g/mol. The van der Waals surface area contributed by atoms with Crippen molar-refractivity contribution in [3.05, 3.63) is 29.0 Å². The summed E-state index contributed by atoms with van der Waals surface area (Å²) in [5.74, 6) is -1.00. The number of hydrogen-bond donors (Lipinski definition) is 0. The van der Waals surface area contributed by atoms with Gasteiger partial charge in [0.2, 0.25) is 15.9 Å². The SMILES string of the molecule is O=C(C1CCN(S(=O)(=O)c2ccc(Cl)cc2F)CC1)N1CCOCC1. The fourth-order valence-corrected chi connectivity index (χ4v) is 4.88. The molecule has 9 heteroatoms. The van der Waals surface area contributed by atoms with E-state index >= 15 is 0 Å². The molecule has 0 radical (unpaired) electrons. The predicted octanol–water partition coefficient (Wildman–Crippen LogP) is 1.74. The van der Waals surface area contributed by atoms with Crippen LogP contribution in [0.1, 0.15) is 12.8 Å². The molecule has 0 bridgehead atoms. The maximum Gasteiger partial charge on any atom is 0.245 e. The zero-order chi connectivity index (χ0) is 18.0. The highest BCUT2D eigenvalue weighted by molar-refractivity contribution is 7.89. The molecule has 1 aromatic carbocycles. The fraction of sp³-hybridized carbons (Fsp3) is 0.562. The van der Waals surface area contributed by atoms with Crippen molar-refractivity contribution >= 4 is 27.5 Å². The highest BCUT2D eigenvalue weighted by Crippen LogP contribution is 2.27. The standard InChI is InChI=1S/C16H20ClFN2O4S/c17-13-1-2-15(14(18)11-13)25(22,23)20-5-3-12(4-6-20)16(21)19-7-9-24-10-8-19/h1-2,11-12H,3-10H2. The van der Waals surface area contributed by atoms with Crippen molar-refractivity contribution in [2.45, 2.75) is 17.7 Å². The molecular weight excluding hydrogens is 371 g/mol. The number of amides is 1. The lowest BCUT2D eigenvalue weighted by Gasteiger charge is -2.35. The van der Waals surface area contributed by atoms with Crippen LogP contribution in [0.5, 0.6) is 0 Å². The minimum Gasteiger partial charge on any atom is -0.378 e. The molecular formula is C16H20ClFN2O4S. The van der Waals surface area contributed by atoms with Crippen LogP contribution < -0.4 is 0 Å². The molecule has 0 aliphatic carbocycles. The number of rotatable bonds is 3. The van der Waals surface area contributed by atoms with Gasteiger partial charge in [-0.15, -0.1) is 0 Å². The Hall–Kier alpha value is -1.22. The maximum atomic E-state index is 14.0. The van der Waals surface area contributed by atoms with Crippen LogP contribution in [-0.2, 0) is 19.6 Å². The highest BCUT2D eigenvalue weighted by atomic mass is 35.5. The topological polar surface area (TPSA) is 66.9 Å². The van der Waals surface area contributed by atoms with E-state index in [9.17, 15) is 17.6 Å². The monoisotopic (exact) mass is 390 g/mol. The summed E-state index contributed by atoms with van der Waals surface area (Å²) in [6.45, 7) is 2.63. The number of carbonyl (C=O) groups is 1. The summed E-state index contributed by atoms with van der Waals surface area (Å²) in [6.07, 6.45) is 0.870. The summed E-state index contributed by atoms with van der Waals surface area (Å²) < 4.78 is 45.7. The van der Waals surface area contributed by atoms with E-state index in [1.165, 1.54) is 16.4 Å². The van der Waals surface area contributed by atoms with Crippen molar-refractivity contribution in [2.75, 3.05) is 39.4 Å². The first-order chi connectivity index (χ1) is 11.9. The Balaban J connectivity index is 1.66. The normalized spacial score (nSPS) is 20.6. The summed E-state index contributed by atoms with van der Waals surface area (Å²) in [4.78, 5) is 13.9. The number of piperidine rings is 1. The number of hydrogen-bond acceptors (Lipinski definition) is 4. The average Bonchev–Trinajstić information content (AvgIpc) is 2.61. The third kappa shape index (κ3) is 3.97. The second-order valence-electron chi connectivity index (χ2n) is 6.19. The van der Waals surface area contributed by atoms with E-state index in [2.05, 4.69) is 0 Å². The Kier molecular flexibility index (Phi) is 5.62. The fourth-order valence-electron chi connectivity index (χ4n) is 3.21. The van der Waals surface area contributed by atoms with E-state index in [1.54, 1.807) is 4.90 Å². The van der Waals surface area contributed by atoms with Crippen LogP contribution >= 0.6 is 11.6 Å². The Labute approximate surface area is 151 Å². The van der Waals surface area contributed by atoms with Gasteiger partial charge in [0.1, 0.15) is 10.7 Å². The Morgan fingerprint density at radius 3 is 2.40 bits per heavy atom. The zero-order valence-corrected chi connectivity index (χ0v) is 15.2. The summed E-state index contributed by atoms with van der Waals surface area (Å²) in [6, 6.07) is 3.52. The molecule has 0 aromatic heterocycles. The van der Waals surface area contributed by atoms with Gasteiger partial charge in [0.25, 0.3) is 0 Å². The molecule has 6 nitrogen and oxygen atoms in total. The van der Waals surface area contributed by atoms with Crippen LogP contribution in [0, 0.1) is 11.7 Å². The predicted molar refractivity (Wildman–Crippen MR) is 90.3 cm³/mol. The number of ether oxygens (including phenoxy) is 1. The molecule has 3 rings (SSSR count). The molecule has 1 aromatic rings. The Morgan fingerprint density at radius 2 is 1.80 bits per heavy atom. The van der Waals surface area contributed by atoms with Gasteiger partial charge in [0.15, 0.2) is 0 Å². The summed E-state index contributed by atoms with van der Waals surface area (Å²) >= 11 is 5.68. The third-order valence-corrected chi connectivity index (χ3v) is 6.80. The van der Waals surface area contributed by atoms with Crippen LogP contribution in [0.3, 0.4) is 0 Å². The quantitative estimate of drug-likeness (QED) is 0.788. The first-order valence-electron chi connectivity index (χ1n) is 8.21. The molecule has 138 valence electrons. The molecule has 1 amide bonds. The van der Waals surface area contributed by atoms with Gasteiger partial charge in [0.05, 0.1) is 13.2 Å². The molecule has 2 aliphatic heterocycles. The summed E-state index contributed by atoms with van der Waals surface area (Å²) in [7, 11) is -3.93. The van der Waals surface area contributed by atoms with Crippen molar-refractivity contribution < 1.29 is 22.3 Å². The summed E-state index contributed by atoms with van der Waals surface area (Å²) in [5, 5.41) is 0.145. The molecule has 2 heterocycles. The molecule has 2 saturated heterocycles. The third-order valence-electron chi connectivity index (χ3n) is 4.64. The van der Waals surface area contributed by atoms with Gasteiger partial charge in [0, 0.05) is 37.1 Å². The lowest BCUT2D eigenvalue weighted by atomic mass is 9.96. The van der Waals surface area contributed by atoms with Gasteiger partial charge >= 0.3 is 0 Å². The Morgan fingerprint density at radius 1 is 1.16 bits per heavy atom. The second kappa shape index (κ2) is 7.57. The molecule has 0 N–H and O–H groups in total. The van der Waals surface area contributed by atoms with Crippen LogP contribution in [0.4, 0.5) is 4.39 Å². The van der Waals surface area contributed by atoms with Crippen molar-refractivity contribution in [3.63, 3.8) is 0 Å². The maximum absolute atomic E-state index is 14.0. The first-order valence-corrected chi connectivity index (χ1v) is 10.0. The van der Waals surface area contributed by atoms with Crippen LogP contribution in [0.25, 0.3) is 0 Å². The van der Waals surface area contributed by atoms with Gasteiger partial charge < -0.3 is 9.64 Å². The van der Waals surface area contributed by atoms with Crippen molar-refractivity contribution in [1.29, 1.82) is 0 Å². The smallest absolute Gasteiger partial charge is 0.245 e. The highest BCUT2D eigenvalue weighted by Gasteiger charge is 2.35. The Bertz CT molecular complexity index is 745. The van der Waals surface area contributed by atoms with E-state index in [0.717, 1.165) is 6.07 Å². The molecule has 0 unspecified atom stereocenters. The van der Waals surface area contributed by atoms with E-state index in [4.69, 9.17) is 16.3 Å². The van der Waals surface area contributed by atoms with E-state index < -0.39 is 15.8 Å². The van der Waals surface area contributed by atoms with Gasteiger partial charge in [-0.3, -0.25) is 4.79 Å². The second-order valence-corrected chi connectivity index (χ2v) is 8.53.